The first kappa shape index (κ1) is 25.2. The topological polar surface area (TPSA) is 105 Å². The summed E-state index contributed by atoms with van der Waals surface area (Å²) < 4.78 is 25.8. The van der Waals surface area contributed by atoms with Crippen LogP contribution in [0.25, 0.3) is 6.08 Å². The van der Waals surface area contributed by atoms with Crippen LogP contribution in [0.4, 0.5) is 14.9 Å². The maximum atomic E-state index is 13.5. The van der Waals surface area contributed by atoms with Crippen molar-refractivity contribution in [2.75, 3.05) is 11.5 Å². The Labute approximate surface area is 219 Å². The van der Waals surface area contributed by atoms with Gasteiger partial charge in [0.15, 0.2) is 11.5 Å². The van der Waals surface area contributed by atoms with E-state index in [9.17, 15) is 23.9 Å². The van der Waals surface area contributed by atoms with Crippen LogP contribution >= 0.6 is 22.6 Å². The van der Waals surface area contributed by atoms with Gasteiger partial charge in [0.25, 0.3) is 11.8 Å². The molecule has 4 rings (SSSR count). The van der Waals surface area contributed by atoms with E-state index in [4.69, 9.17) is 9.47 Å². The second-order valence-electron chi connectivity index (χ2n) is 7.66. The molecule has 0 saturated carbocycles. The number of anilines is 1. The predicted molar refractivity (Wildman–Crippen MR) is 138 cm³/mol. The highest BCUT2D eigenvalue weighted by Gasteiger charge is 2.36. The minimum absolute atomic E-state index is 0.0341. The van der Waals surface area contributed by atoms with Crippen LogP contribution in [0, 0.1) is 9.39 Å². The van der Waals surface area contributed by atoms with Crippen molar-refractivity contribution in [3.05, 3.63) is 86.8 Å². The summed E-state index contributed by atoms with van der Waals surface area (Å²) in [5.74, 6) is -1.23. The number of benzene rings is 3. The summed E-state index contributed by atoms with van der Waals surface area (Å²) >= 11 is 2.04. The lowest BCUT2D eigenvalue weighted by molar-refractivity contribution is -0.122. The summed E-state index contributed by atoms with van der Waals surface area (Å²) in [5.41, 5.74) is 1.05. The Morgan fingerprint density at radius 1 is 1.06 bits per heavy atom. The zero-order valence-electron chi connectivity index (χ0n) is 19.0. The summed E-state index contributed by atoms with van der Waals surface area (Å²) in [6.45, 7) is 2.24. The van der Waals surface area contributed by atoms with Gasteiger partial charge in [0.05, 0.1) is 15.9 Å². The van der Waals surface area contributed by atoms with Gasteiger partial charge < -0.3 is 14.6 Å². The molecule has 0 unspecified atom stereocenters. The molecule has 0 bridgehead atoms. The number of imide groups is 2. The number of urea groups is 1. The largest absolute Gasteiger partial charge is 0.508 e. The van der Waals surface area contributed by atoms with E-state index in [1.54, 1.807) is 31.2 Å². The molecule has 3 aromatic rings. The maximum Gasteiger partial charge on any atom is 0.335 e. The van der Waals surface area contributed by atoms with Crippen molar-refractivity contribution in [2.45, 2.75) is 13.5 Å². The monoisotopic (exact) mass is 602 g/mol. The van der Waals surface area contributed by atoms with Crippen LogP contribution in [-0.2, 0) is 16.2 Å². The van der Waals surface area contributed by atoms with Crippen molar-refractivity contribution >= 4 is 52.2 Å². The summed E-state index contributed by atoms with van der Waals surface area (Å²) in [6.07, 6.45) is 1.36. The molecule has 1 heterocycles. The number of aromatic hydroxyl groups is 1. The quantitative estimate of drug-likeness (QED) is 0.229. The van der Waals surface area contributed by atoms with Crippen LogP contribution in [0.3, 0.4) is 0 Å². The molecule has 1 aliphatic rings. The van der Waals surface area contributed by atoms with Gasteiger partial charge in [-0.2, -0.15) is 0 Å². The number of nitrogens with zero attached hydrogens (tertiary/aromatic N) is 1. The molecule has 1 fully saturated rings. The lowest BCUT2D eigenvalue weighted by atomic mass is 10.1. The molecule has 0 aromatic heterocycles. The van der Waals surface area contributed by atoms with E-state index >= 15 is 0 Å². The first-order valence-corrected chi connectivity index (χ1v) is 11.9. The number of rotatable bonds is 7. The lowest BCUT2D eigenvalue weighted by Gasteiger charge is -2.26. The maximum absolute atomic E-state index is 13.5. The van der Waals surface area contributed by atoms with Crippen molar-refractivity contribution in [3.8, 4) is 17.2 Å². The number of phenolic OH excluding ortho intramolecular Hbond substituents is 1. The molecule has 36 heavy (non-hydrogen) atoms. The average molecular weight is 602 g/mol. The fourth-order valence-corrected chi connectivity index (χ4v) is 4.30. The number of carbonyl (C=O) groups excluding carboxylic acids is 3. The van der Waals surface area contributed by atoms with Gasteiger partial charge in [0.2, 0.25) is 0 Å². The molecular weight excluding hydrogens is 582 g/mol. The van der Waals surface area contributed by atoms with E-state index in [-0.39, 0.29) is 29.4 Å². The van der Waals surface area contributed by atoms with Crippen molar-refractivity contribution in [1.29, 1.82) is 0 Å². The minimum Gasteiger partial charge on any atom is -0.508 e. The summed E-state index contributed by atoms with van der Waals surface area (Å²) in [5, 5.41) is 11.7. The predicted octanol–water partition coefficient (Wildman–Crippen LogP) is 4.78. The molecule has 1 aliphatic heterocycles. The molecular formula is C26H20FIN2O6. The third kappa shape index (κ3) is 5.48. The van der Waals surface area contributed by atoms with Crippen LogP contribution < -0.4 is 19.7 Å². The van der Waals surface area contributed by atoms with Crippen molar-refractivity contribution < 1.29 is 33.4 Å². The smallest absolute Gasteiger partial charge is 0.335 e. The van der Waals surface area contributed by atoms with Crippen molar-refractivity contribution in [2.24, 2.45) is 0 Å². The summed E-state index contributed by atoms with van der Waals surface area (Å²) in [7, 11) is 0. The van der Waals surface area contributed by atoms with Crippen molar-refractivity contribution in [1.82, 2.24) is 5.32 Å². The molecule has 10 heteroatoms. The average Bonchev–Trinajstić information content (AvgIpc) is 2.82. The van der Waals surface area contributed by atoms with Gasteiger partial charge in [-0.15, -0.1) is 0 Å². The highest BCUT2D eigenvalue weighted by molar-refractivity contribution is 14.1. The number of halogens is 2. The normalized spacial score (nSPS) is 14.7. The van der Waals surface area contributed by atoms with Crippen LogP contribution in [-0.4, -0.2) is 29.6 Å². The zero-order valence-corrected chi connectivity index (χ0v) is 21.1. The number of barbiturate groups is 1. The number of hydrogen-bond donors (Lipinski definition) is 2. The van der Waals surface area contributed by atoms with E-state index in [1.165, 1.54) is 42.5 Å². The third-order valence-corrected chi connectivity index (χ3v) is 5.93. The van der Waals surface area contributed by atoms with Gasteiger partial charge in [0.1, 0.15) is 23.7 Å². The van der Waals surface area contributed by atoms with Gasteiger partial charge in [0, 0.05) is 0 Å². The number of ether oxygens (including phenoxy) is 2. The Morgan fingerprint density at radius 2 is 1.81 bits per heavy atom. The molecule has 4 amide bonds. The molecule has 8 nitrogen and oxygen atoms in total. The van der Waals surface area contributed by atoms with E-state index < -0.39 is 17.8 Å². The number of carbonyl (C=O) groups is 3. The zero-order chi connectivity index (χ0) is 25.8. The van der Waals surface area contributed by atoms with Gasteiger partial charge in [-0.3, -0.25) is 14.9 Å². The van der Waals surface area contributed by atoms with Crippen LogP contribution in [0.5, 0.6) is 17.2 Å². The second-order valence-corrected chi connectivity index (χ2v) is 8.82. The molecule has 0 aliphatic carbocycles. The van der Waals surface area contributed by atoms with Crippen LogP contribution in [0.1, 0.15) is 18.1 Å². The molecule has 3 aromatic carbocycles. The molecule has 0 spiro atoms. The SMILES string of the molecule is CCOc1cc(/C=C2\C(=O)NC(=O)N(c3ccc(O)cc3)C2=O)cc(I)c1OCc1cccc(F)c1. The van der Waals surface area contributed by atoms with Crippen molar-refractivity contribution in [3.63, 3.8) is 0 Å². The van der Waals surface area contributed by atoms with Crippen LogP contribution in [0.2, 0.25) is 0 Å². The van der Waals surface area contributed by atoms with Gasteiger partial charge in [-0.05, 0) is 95.2 Å². The molecule has 2 N–H and O–H groups in total. The van der Waals surface area contributed by atoms with Gasteiger partial charge in [-0.25, -0.2) is 14.1 Å². The van der Waals surface area contributed by atoms with Gasteiger partial charge in [-0.1, -0.05) is 12.1 Å². The van der Waals surface area contributed by atoms with Gasteiger partial charge >= 0.3 is 6.03 Å². The second kappa shape index (κ2) is 10.8. The molecule has 1 saturated heterocycles. The Kier molecular flexibility index (Phi) is 7.53. The Hall–Kier alpha value is -3.93. The Morgan fingerprint density at radius 3 is 2.50 bits per heavy atom. The third-order valence-electron chi connectivity index (χ3n) is 5.12. The minimum atomic E-state index is -0.890. The van der Waals surface area contributed by atoms with E-state index in [0.29, 0.717) is 32.8 Å². The molecule has 0 radical (unpaired) electrons. The van der Waals surface area contributed by atoms with E-state index in [1.807, 2.05) is 22.6 Å². The summed E-state index contributed by atoms with van der Waals surface area (Å²) in [6, 6.07) is 13.9. The first-order valence-electron chi connectivity index (χ1n) is 10.8. The Bertz CT molecular complexity index is 1370. The Balaban J connectivity index is 1.65. The fourth-order valence-electron chi connectivity index (χ4n) is 3.52. The number of hydrogen-bond acceptors (Lipinski definition) is 6. The fraction of sp³-hybridized carbons (Fsp3) is 0.115. The first-order chi connectivity index (χ1) is 17.3. The highest BCUT2D eigenvalue weighted by atomic mass is 127. The number of amides is 4. The van der Waals surface area contributed by atoms with E-state index in [0.717, 1.165) is 4.90 Å². The highest BCUT2D eigenvalue weighted by Crippen LogP contribution is 2.36. The molecule has 0 atom stereocenters. The number of phenols is 1. The summed E-state index contributed by atoms with van der Waals surface area (Å²) in [4.78, 5) is 38.8. The number of nitrogens with one attached hydrogen (secondary N) is 1. The standard InChI is InChI=1S/C26H20FIN2O6/c1-2-35-22-13-16(12-21(28)23(22)36-14-15-4-3-5-17(27)10-15)11-20-24(32)29-26(34)30(25(20)33)18-6-8-19(31)9-7-18/h3-13,31H,2,14H2,1H3,(H,29,32,34)/b20-11+. The van der Waals surface area contributed by atoms with E-state index in [2.05, 4.69) is 5.32 Å². The molecule has 184 valence electrons. The lowest BCUT2D eigenvalue weighted by Crippen LogP contribution is -2.54. The van der Waals surface area contributed by atoms with Crippen LogP contribution in [0.15, 0.2) is 66.2 Å².